The average Bonchev–Trinajstić information content (AvgIpc) is 2.36. The van der Waals surface area contributed by atoms with Crippen LogP contribution < -0.4 is 10.6 Å². The van der Waals surface area contributed by atoms with Gasteiger partial charge in [0.1, 0.15) is 0 Å². The third-order valence-electron chi connectivity index (χ3n) is 3.91. The number of carboxylic acid groups (broad SMARTS) is 1. The third kappa shape index (κ3) is 5.61. The van der Waals surface area contributed by atoms with Gasteiger partial charge in [0, 0.05) is 11.3 Å². The van der Waals surface area contributed by atoms with Gasteiger partial charge in [0.25, 0.3) is 0 Å². The van der Waals surface area contributed by atoms with Crippen LogP contribution in [0.4, 0.5) is 4.79 Å². The van der Waals surface area contributed by atoms with Crippen LogP contribution in [0.2, 0.25) is 0 Å². The summed E-state index contributed by atoms with van der Waals surface area (Å²) >= 11 is 1.69. The van der Waals surface area contributed by atoms with E-state index in [-0.39, 0.29) is 17.2 Å². The summed E-state index contributed by atoms with van der Waals surface area (Å²) < 4.78 is -0.0239. The molecule has 20 heavy (non-hydrogen) atoms. The molecule has 5 nitrogen and oxygen atoms in total. The Morgan fingerprint density at radius 2 is 1.85 bits per heavy atom. The first-order valence-corrected chi connectivity index (χ1v) is 8.34. The van der Waals surface area contributed by atoms with Crippen molar-refractivity contribution in [3.05, 3.63) is 0 Å². The highest BCUT2D eigenvalue weighted by atomic mass is 32.2. The van der Waals surface area contributed by atoms with Gasteiger partial charge in [-0.25, -0.2) is 4.79 Å². The molecule has 0 heterocycles. The van der Waals surface area contributed by atoms with Gasteiger partial charge in [-0.3, -0.25) is 4.79 Å². The third-order valence-corrected chi connectivity index (χ3v) is 5.16. The van der Waals surface area contributed by atoms with Gasteiger partial charge >= 0.3 is 12.0 Å². The van der Waals surface area contributed by atoms with Crippen molar-refractivity contribution < 1.29 is 14.7 Å². The Morgan fingerprint density at radius 1 is 1.25 bits per heavy atom. The molecule has 116 valence electrons. The first-order valence-electron chi connectivity index (χ1n) is 7.12. The summed E-state index contributed by atoms with van der Waals surface area (Å²) in [5.41, 5.74) is -0.572. The van der Waals surface area contributed by atoms with Crippen molar-refractivity contribution in [3.63, 3.8) is 0 Å². The van der Waals surface area contributed by atoms with Gasteiger partial charge in [0.15, 0.2) is 0 Å². The number of urea groups is 1. The van der Waals surface area contributed by atoms with Crippen LogP contribution in [-0.4, -0.2) is 40.2 Å². The van der Waals surface area contributed by atoms with Crippen LogP contribution in [0.15, 0.2) is 0 Å². The zero-order valence-electron chi connectivity index (χ0n) is 12.6. The van der Waals surface area contributed by atoms with Gasteiger partial charge in [-0.15, -0.1) is 0 Å². The lowest BCUT2D eigenvalue weighted by Gasteiger charge is -2.37. The van der Waals surface area contributed by atoms with Crippen molar-refractivity contribution in [2.75, 3.05) is 12.8 Å². The molecule has 0 aliphatic heterocycles. The highest BCUT2D eigenvalue weighted by Gasteiger charge is 2.36. The lowest BCUT2D eigenvalue weighted by atomic mass is 9.79. The molecule has 1 rings (SSSR count). The molecule has 1 aliphatic rings. The summed E-state index contributed by atoms with van der Waals surface area (Å²) in [6.07, 6.45) is 6.58. The van der Waals surface area contributed by atoms with E-state index in [0.717, 1.165) is 32.1 Å². The van der Waals surface area contributed by atoms with Gasteiger partial charge < -0.3 is 15.7 Å². The lowest BCUT2D eigenvalue weighted by Crippen LogP contribution is -2.55. The van der Waals surface area contributed by atoms with Crippen molar-refractivity contribution in [1.82, 2.24) is 10.6 Å². The predicted molar refractivity (Wildman–Crippen MR) is 82.2 cm³/mol. The quantitative estimate of drug-likeness (QED) is 0.704. The number of amides is 2. The molecule has 3 N–H and O–H groups in total. The lowest BCUT2D eigenvalue weighted by molar-refractivity contribution is -0.139. The van der Waals surface area contributed by atoms with Crippen LogP contribution in [0.1, 0.15) is 52.4 Å². The number of carbonyl (C=O) groups is 2. The number of nitrogens with one attached hydrogen (secondary N) is 2. The second-order valence-electron chi connectivity index (χ2n) is 6.18. The Hall–Kier alpha value is -0.910. The molecule has 0 aromatic carbocycles. The van der Waals surface area contributed by atoms with E-state index in [4.69, 9.17) is 5.11 Å². The maximum atomic E-state index is 12.0. The Morgan fingerprint density at radius 3 is 2.35 bits per heavy atom. The van der Waals surface area contributed by atoms with Crippen molar-refractivity contribution >= 4 is 23.8 Å². The smallest absolute Gasteiger partial charge is 0.315 e. The van der Waals surface area contributed by atoms with E-state index in [9.17, 15) is 9.59 Å². The minimum absolute atomic E-state index is 0.00629. The van der Waals surface area contributed by atoms with Crippen molar-refractivity contribution in [2.24, 2.45) is 0 Å². The van der Waals surface area contributed by atoms with Crippen molar-refractivity contribution in [2.45, 2.75) is 62.7 Å². The minimum Gasteiger partial charge on any atom is -0.481 e. The van der Waals surface area contributed by atoms with E-state index in [1.54, 1.807) is 11.8 Å². The molecule has 1 fully saturated rings. The summed E-state index contributed by atoms with van der Waals surface area (Å²) in [6, 6.07) is -0.254. The molecule has 0 radical (unpaired) electrons. The maximum Gasteiger partial charge on any atom is 0.315 e. The maximum absolute atomic E-state index is 12.0. The van der Waals surface area contributed by atoms with Gasteiger partial charge in [0.2, 0.25) is 0 Å². The summed E-state index contributed by atoms with van der Waals surface area (Å²) in [6.45, 7) is 4.68. The van der Waals surface area contributed by atoms with E-state index < -0.39 is 11.5 Å². The van der Waals surface area contributed by atoms with Gasteiger partial charge in [-0.2, -0.15) is 11.8 Å². The number of carboxylic acids is 1. The predicted octanol–water partition coefficient (Wildman–Crippen LogP) is 2.60. The van der Waals surface area contributed by atoms with Crippen LogP contribution in [0, 0.1) is 0 Å². The van der Waals surface area contributed by atoms with Crippen molar-refractivity contribution in [1.29, 1.82) is 0 Å². The van der Waals surface area contributed by atoms with E-state index in [2.05, 4.69) is 24.5 Å². The summed E-state index contributed by atoms with van der Waals surface area (Å²) in [7, 11) is 0. The molecule has 0 saturated heterocycles. The normalized spacial score (nSPS) is 18.4. The fourth-order valence-corrected chi connectivity index (χ4v) is 2.73. The highest BCUT2D eigenvalue weighted by Crippen LogP contribution is 2.31. The molecule has 0 unspecified atom stereocenters. The number of aliphatic carboxylic acids is 1. The first kappa shape index (κ1) is 17.1. The Balaban J connectivity index is 2.56. The van der Waals surface area contributed by atoms with E-state index in [1.807, 2.05) is 6.26 Å². The van der Waals surface area contributed by atoms with Gasteiger partial charge in [-0.1, -0.05) is 19.3 Å². The summed E-state index contributed by atoms with van der Waals surface area (Å²) in [4.78, 5) is 23.1. The molecule has 1 saturated carbocycles. The number of thioether (sulfide) groups is 1. The molecular weight excluding hydrogens is 276 g/mol. The monoisotopic (exact) mass is 302 g/mol. The summed E-state index contributed by atoms with van der Waals surface area (Å²) in [5.74, 6) is -0.850. The SMILES string of the molecule is CSC(C)(C)CNC(=O)NC1(CC(=O)O)CCCCC1. The zero-order valence-corrected chi connectivity index (χ0v) is 13.4. The van der Waals surface area contributed by atoms with Gasteiger partial charge in [-0.05, 0) is 32.9 Å². The summed E-state index contributed by atoms with van der Waals surface area (Å²) in [5, 5.41) is 14.8. The Bertz CT molecular complexity index is 352. The second-order valence-corrected chi connectivity index (χ2v) is 7.70. The fourth-order valence-electron chi connectivity index (χ4n) is 2.51. The van der Waals surface area contributed by atoms with Crippen LogP contribution >= 0.6 is 11.8 Å². The minimum atomic E-state index is -0.850. The molecule has 1 aliphatic carbocycles. The number of rotatable bonds is 6. The molecule has 0 spiro atoms. The largest absolute Gasteiger partial charge is 0.481 e. The van der Waals surface area contributed by atoms with E-state index in [0.29, 0.717) is 6.54 Å². The zero-order chi connectivity index (χ0) is 15.2. The van der Waals surface area contributed by atoms with Crippen LogP contribution in [-0.2, 0) is 4.79 Å². The first-order chi connectivity index (χ1) is 9.29. The van der Waals surface area contributed by atoms with Crippen LogP contribution in [0.25, 0.3) is 0 Å². The molecule has 0 aromatic heterocycles. The second kappa shape index (κ2) is 7.20. The van der Waals surface area contributed by atoms with Crippen LogP contribution in [0.5, 0.6) is 0 Å². The highest BCUT2D eigenvalue weighted by molar-refractivity contribution is 7.99. The topological polar surface area (TPSA) is 78.4 Å². The number of hydrogen-bond donors (Lipinski definition) is 3. The van der Waals surface area contributed by atoms with Crippen molar-refractivity contribution in [3.8, 4) is 0 Å². The Kier molecular flexibility index (Phi) is 6.17. The number of hydrogen-bond acceptors (Lipinski definition) is 3. The molecular formula is C14H26N2O3S. The van der Waals surface area contributed by atoms with Crippen LogP contribution in [0.3, 0.4) is 0 Å². The van der Waals surface area contributed by atoms with Gasteiger partial charge in [0.05, 0.1) is 12.0 Å². The Labute approximate surface area is 125 Å². The molecule has 2 amide bonds. The standard InChI is InChI=1S/C14H26N2O3S/c1-13(2,20-3)10-15-12(19)16-14(9-11(17)18)7-5-4-6-8-14/h4-10H2,1-3H3,(H,17,18)(H2,15,16,19). The number of carbonyl (C=O) groups excluding carboxylic acids is 1. The fraction of sp³-hybridized carbons (Fsp3) is 0.857. The molecule has 6 heteroatoms. The average molecular weight is 302 g/mol. The van der Waals surface area contributed by atoms with E-state index >= 15 is 0 Å². The van der Waals surface area contributed by atoms with E-state index in [1.165, 1.54) is 0 Å². The molecule has 0 bridgehead atoms. The molecule has 0 aromatic rings. The molecule has 0 atom stereocenters.